The Morgan fingerprint density at radius 2 is 1.81 bits per heavy atom. The normalized spacial score (nSPS) is 17.0. The topological polar surface area (TPSA) is 98.2 Å². The summed E-state index contributed by atoms with van der Waals surface area (Å²) >= 11 is 8.10. The van der Waals surface area contributed by atoms with Crippen LogP contribution < -0.4 is 15.2 Å². The van der Waals surface area contributed by atoms with Crippen molar-refractivity contribution in [1.29, 1.82) is 0 Å². The molecule has 5 rings (SSSR count). The molecule has 0 fully saturated rings. The van der Waals surface area contributed by atoms with E-state index in [9.17, 15) is 32.3 Å². The smallest absolute Gasteiger partial charge is 0.408 e. The number of esters is 2. The summed E-state index contributed by atoms with van der Waals surface area (Å²) in [6.07, 6.45) is -3.57. The predicted molar refractivity (Wildman–Crippen MR) is 147 cm³/mol. The summed E-state index contributed by atoms with van der Waals surface area (Å²) in [6.45, 7) is 0.479. The van der Waals surface area contributed by atoms with Gasteiger partial charge in [0.1, 0.15) is 12.7 Å². The molecule has 0 radical (unpaired) electrons. The summed E-state index contributed by atoms with van der Waals surface area (Å²) < 4.78 is 53.3. The Morgan fingerprint density at radius 3 is 2.52 bits per heavy atom. The Morgan fingerprint density at radius 1 is 1.10 bits per heavy atom. The first-order valence-electron chi connectivity index (χ1n) is 12.6. The Balaban J connectivity index is 1.74. The average Bonchev–Trinajstić information content (AvgIpc) is 3.10. The maximum absolute atomic E-state index is 14.1. The number of carbonyl (C=O) groups excluding carboxylic acids is 3. The fourth-order valence-corrected chi connectivity index (χ4v) is 6.36. The molecule has 42 heavy (non-hydrogen) atoms. The van der Waals surface area contributed by atoms with Crippen molar-refractivity contribution in [2.45, 2.75) is 42.8 Å². The van der Waals surface area contributed by atoms with Gasteiger partial charge in [-0.25, -0.2) is 4.79 Å². The molecular weight excluding hydrogens is 599 g/mol. The number of hydrogen-bond donors (Lipinski definition) is 0. The molecule has 0 unspecified atom stereocenters. The second-order valence-electron chi connectivity index (χ2n) is 9.57. The fraction of sp³-hybridized carbons (Fsp3) is 0.286. The van der Waals surface area contributed by atoms with Crippen molar-refractivity contribution in [2.24, 2.45) is 0 Å². The number of benzene rings is 2. The van der Waals surface area contributed by atoms with Gasteiger partial charge in [-0.3, -0.25) is 24.1 Å². The van der Waals surface area contributed by atoms with E-state index in [1.165, 1.54) is 27.6 Å². The number of aromatic nitrogens is 1. The van der Waals surface area contributed by atoms with E-state index in [4.69, 9.17) is 16.3 Å². The van der Waals surface area contributed by atoms with Crippen LogP contribution in [0.15, 0.2) is 64.4 Å². The molecule has 2 aliphatic rings. The second-order valence-corrected chi connectivity index (χ2v) is 11.0. The van der Waals surface area contributed by atoms with Crippen molar-refractivity contribution < 1.29 is 37.0 Å². The second kappa shape index (κ2) is 11.4. The number of carbonyl (C=O) groups is 3. The van der Waals surface area contributed by atoms with Gasteiger partial charge in [0.05, 0.1) is 6.04 Å². The Bertz CT molecular complexity index is 1650. The molecule has 3 aromatic rings. The van der Waals surface area contributed by atoms with Crippen molar-refractivity contribution in [1.82, 2.24) is 9.58 Å². The van der Waals surface area contributed by atoms with E-state index >= 15 is 0 Å². The number of fused-ring (bicyclic) bond motifs is 3. The predicted octanol–water partition coefficient (Wildman–Crippen LogP) is 4.67. The number of ether oxygens (including phenoxy) is 2. The van der Waals surface area contributed by atoms with Crippen LogP contribution in [0, 0.1) is 0 Å². The highest BCUT2D eigenvalue weighted by molar-refractivity contribution is 7.98. The van der Waals surface area contributed by atoms with Crippen molar-refractivity contribution in [3.05, 3.63) is 92.4 Å². The molecule has 0 saturated heterocycles. The molecule has 2 aliphatic heterocycles. The molecule has 2 aromatic carbocycles. The highest BCUT2D eigenvalue weighted by atomic mass is 35.5. The van der Waals surface area contributed by atoms with Crippen LogP contribution in [-0.4, -0.2) is 52.9 Å². The van der Waals surface area contributed by atoms with E-state index in [2.05, 4.69) is 4.74 Å². The molecule has 220 valence electrons. The monoisotopic (exact) mass is 621 g/mol. The van der Waals surface area contributed by atoms with E-state index in [-0.39, 0.29) is 0 Å². The van der Waals surface area contributed by atoms with E-state index < -0.39 is 66.3 Å². The van der Waals surface area contributed by atoms with Crippen LogP contribution in [0.25, 0.3) is 0 Å². The summed E-state index contributed by atoms with van der Waals surface area (Å²) in [7, 11) is 0. The van der Waals surface area contributed by atoms with Gasteiger partial charge in [0.15, 0.2) is 12.3 Å². The van der Waals surface area contributed by atoms with Crippen LogP contribution in [0.1, 0.15) is 47.1 Å². The molecule has 1 aromatic heterocycles. The highest BCUT2D eigenvalue weighted by Gasteiger charge is 2.48. The number of nitrogens with zero attached hydrogens (tertiary/aromatic N) is 3. The molecule has 3 heterocycles. The van der Waals surface area contributed by atoms with Crippen LogP contribution in [0.5, 0.6) is 5.75 Å². The summed E-state index contributed by atoms with van der Waals surface area (Å²) in [6, 6.07) is 10.6. The molecule has 0 saturated carbocycles. The molecule has 0 bridgehead atoms. The first kappa shape index (κ1) is 29.5. The zero-order valence-electron chi connectivity index (χ0n) is 22.2. The van der Waals surface area contributed by atoms with Gasteiger partial charge in [-0.2, -0.15) is 13.2 Å². The van der Waals surface area contributed by atoms with Crippen LogP contribution in [0.3, 0.4) is 0 Å². The molecule has 0 N–H and O–H groups in total. The third-order valence-corrected chi connectivity index (χ3v) is 8.43. The van der Waals surface area contributed by atoms with Gasteiger partial charge in [-0.05, 0) is 35.7 Å². The van der Waals surface area contributed by atoms with E-state index in [0.29, 0.717) is 21.2 Å². The lowest BCUT2D eigenvalue weighted by Gasteiger charge is -2.46. The highest BCUT2D eigenvalue weighted by Crippen LogP contribution is 2.45. The fourth-order valence-electron chi connectivity index (χ4n) is 4.89. The molecule has 0 aliphatic carbocycles. The maximum Gasteiger partial charge on any atom is 0.408 e. The van der Waals surface area contributed by atoms with Crippen LogP contribution in [0.2, 0.25) is 5.02 Å². The minimum absolute atomic E-state index is 0.464. The molecule has 14 heteroatoms. The quantitative estimate of drug-likeness (QED) is 0.379. The third-order valence-electron chi connectivity index (χ3n) is 6.96. The summed E-state index contributed by atoms with van der Waals surface area (Å²) in [5.74, 6) is -3.47. The van der Waals surface area contributed by atoms with Crippen LogP contribution >= 0.6 is 23.4 Å². The van der Waals surface area contributed by atoms with Crippen molar-refractivity contribution >= 4 is 41.2 Å². The number of halogens is 4. The molecular formula is C28H23ClF3N3O6S. The SMILES string of the molecule is CC(=O)OCC(=O)Oc1c2n(ccc1=O)N([C@@H]1c3ccccc3SCc3c(Cl)cccc31)CN([C@H](C)C(F)(F)F)C2=O. The van der Waals surface area contributed by atoms with Gasteiger partial charge in [-0.15, -0.1) is 11.8 Å². The lowest BCUT2D eigenvalue weighted by Crippen LogP contribution is -2.60. The number of rotatable bonds is 5. The first-order chi connectivity index (χ1) is 19.9. The average molecular weight is 622 g/mol. The lowest BCUT2D eigenvalue weighted by molar-refractivity contribution is -0.173. The largest absolute Gasteiger partial charge is 0.454 e. The molecule has 9 nitrogen and oxygen atoms in total. The van der Waals surface area contributed by atoms with Crippen LogP contribution in [0.4, 0.5) is 13.2 Å². The Hall–Kier alpha value is -3.97. The number of alkyl halides is 3. The van der Waals surface area contributed by atoms with E-state index in [0.717, 1.165) is 35.9 Å². The number of pyridine rings is 1. The van der Waals surface area contributed by atoms with Crippen LogP contribution in [-0.2, 0) is 20.1 Å². The Labute approximate surface area is 246 Å². The van der Waals surface area contributed by atoms with Gasteiger partial charge in [0.25, 0.3) is 5.91 Å². The zero-order valence-corrected chi connectivity index (χ0v) is 23.8. The van der Waals surface area contributed by atoms with Crippen molar-refractivity contribution in [3.63, 3.8) is 0 Å². The third kappa shape index (κ3) is 5.45. The molecule has 0 spiro atoms. The van der Waals surface area contributed by atoms with Gasteiger partial charge < -0.3 is 14.4 Å². The first-order valence-corrected chi connectivity index (χ1v) is 14.0. The number of hydrogen-bond acceptors (Lipinski definition) is 8. The summed E-state index contributed by atoms with van der Waals surface area (Å²) in [5, 5.41) is 1.97. The van der Waals surface area contributed by atoms with E-state index in [1.54, 1.807) is 18.2 Å². The lowest BCUT2D eigenvalue weighted by atomic mass is 9.94. The minimum atomic E-state index is -4.82. The molecule has 1 amide bonds. The van der Waals surface area contributed by atoms with Gasteiger partial charge in [0.2, 0.25) is 11.2 Å². The van der Waals surface area contributed by atoms with E-state index in [1.807, 2.05) is 24.3 Å². The van der Waals surface area contributed by atoms with Gasteiger partial charge in [0, 0.05) is 34.9 Å². The zero-order chi connectivity index (χ0) is 30.3. The van der Waals surface area contributed by atoms with Gasteiger partial charge in [-0.1, -0.05) is 41.9 Å². The maximum atomic E-state index is 14.1. The summed E-state index contributed by atoms with van der Waals surface area (Å²) in [5.41, 5.74) is 0.669. The van der Waals surface area contributed by atoms with Gasteiger partial charge >= 0.3 is 18.1 Å². The molecule has 2 atom stereocenters. The number of amides is 1. The number of thioether (sulfide) groups is 1. The minimum Gasteiger partial charge on any atom is -0.454 e. The Kier molecular flexibility index (Phi) is 7.99. The van der Waals surface area contributed by atoms with Crippen molar-refractivity contribution in [2.75, 3.05) is 18.3 Å². The summed E-state index contributed by atoms with van der Waals surface area (Å²) in [4.78, 5) is 51.7. The van der Waals surface area contributed by atoms with Crippen molar-refractivity contribution in [3.8, 4) is 5.75 Å². The standard InChI is InChI=1S/C28H23ClF3N3O6S/c1-15(28(30,31)32)33-14-35(24-17-7-5-8-20(29)19(17)13-42-22-9-4-3-6-18(22)24)34-11-10-21(37)26(25(34)27(33)39)41-23(38)12-40-16(2)36/h3-11,15,24H,12-14H2,1-2H3/t15-,24+/m1/s1.